The first-order valence-electron chi connectivity index (χ1n) is 4.87. The van der Waals surface area contributed by atoms with E-state index in [9.17, 15) is 9.59 Å². The van der Waals surface area contributed by atoms with Gasteiger partial charge in [0.1, 0.15) is 12.1 Å². The third kappa shape index (κ3) is 3.04. The summed E-state index contributed by atoms with van der Waals surface area (Å²) in [5.41, 5.74) is 5.74. The van der Waals surface area contributed by atoms with Gasteiger partial charge in [0.25, 0.3) is 0 Å². The number of carbonyl (C=O) groups is 2. The molecule has 4 N–H and O–H groups in total. The lowest BCUT2D eigenvalue weighted by Gasteiger charge is -2.15. The Kier molecular flexibility index (Phi) is 4.45. The molecule has 0 aliphatic carbocycles. The molecule has 1 aromatic heterocycles. The molecule has 0 aliphatic rings. The maximum atomic E-state index is 11.7. The van der Waals surface area contributed by atoms with Crippen molar-refractivity contribution in [3.8, 4) is 0 Å². The van der Waals surface area contributed by atoms with Gasteiger partial charge in [0.2, 0.25) is 11.8 Å². The quantitative estimate of drug-likeness (QED) is 0.693. The second-order valence-electron chi connectivity index (χ2n) is 3.34. The number of hydrogen-bond donors (Lipinski definition) is 3. The molecule has 0 saturated heterocycles. The van der Waals surface area contributed by atoms with Crippen molar-refractivity contribution in [3.05, 3.63) is 22.4 Å². The van der Waals surface area contributed by atoms with E-state index in [-0.39, 0.29) is 11.8 Å². The van der Waals surface area contributed by atoms with Crippen LogP contribution in [0.2, 0.25) is 0 Å². The minimum atomic E-state index is -0.716. The van der Waals surface area contributed by atoms with E-state index < -0.39 is 12.1 Å². The highest BCUT2D eigenvalue weighted by Crippen LogP contribution is 2.16. The molecule has 2 unspecified atom stereocenters. The van der Waals surface area contributed by atoms with E-state index in [2.05, 4.69) is 10.6 Å². The molecule has 1 rings (SSSR count). The van der Waals surface area contributed by atoms with E-state index in [0.29, 0.717) is 0 Å². The Morgan fingerprint density at radius 2 is 2.12 bits per heavy atom. The fourth-order valence-corrected chi connectivity index (χ4v) is 1.91. The van der Waals surface area contributed by atoms with Gasteiger partial charge < -0.3 is 16.4 Å². The lowest BCUT2D eigenvalue weighted by atomic mass is 10.2. The monoisotopic (exact) mass is 241 g/mol. The molecule has 0 aliphatic heterocycles. The Morgan fingerprint density at radius 1 is 1.44 bits per heavy atom. The van der Waals surface area contributed by atoms with Crippen molar-refractivity contribution in [2.75, 3.05) is 7.05 Å². The predicted octanol–water partition coefficient (Wildman–Crippen LogP) is -0.00140. The molecule has 0 fully saturated rings. The van der Waals surface area contributed by atoms with Gasteiger partial charge in [0.05, 0.1) is 0 Å². The summed E-state index contributed by atoms with van der Waals surface area (Å²) in [7, 11) is 1.52. The number of hydrogen-bond acceptors (Lipinski definition) is 4. The molecular formula is C10H15N3O2S. The van der Waals surface area contributed by atoms with Crippen LogP contribution in [0.3, 0.4) is 0 Å². The number of rotatable bonds is 4. The van der Waals surface area contributed by atoms with Crippen molar-refractivity contribution in [2.45, 2.75) is 19.0 Å². The second kappa shape index (κ2) is 5.62. The zero-order valence-electron chi connectivity index (χ0n) is 9.19. The normalized spacial score (nSPS) is 13.9. The lowest BCUT2D eigenvalue weighted by Crippen LogP contribution is -2.46. The van der Waals surface area contributed by atoms with Gasteiger partial charge >= 0.3 is 0 Å². The van der Waals surface area contributed by atoms with Crippen LogP contribution in [0, 0.1) is 0 Å². The first-order chi connectivity index (χ1) is 7.56. The summed E-state index contributed by atoms with van der Waals surface area (Å²) in [4.78, 5) is 23.6. The molecule has 6 heteroatoms. The maximum Gasteiger partial charge on any atom is 0.242 e. The molecule has 0 spiro atoms. The highest BCUT2D eigenvalue weighted by atomic mass is 32.1. The SMILES string of the molecule is CNC(=O)C(C)NC(=O)C(N)c1cccs1. The highest BCUT2D eigenvalue weighted by Gasteiger charge is 2.20. The van der Waals surface area contributed by atoms with Crippen LogP contribution in [0.25, 0.3) is 0 Å². The van der Waals surface area contributed by atoms with Gasteiger partial charge in [-0.15, -0.1) is 11.3 Å². The van der Waals surface area contributed by atoms with Gasteiger partial charge in [0, 0.05) is 11.9 Å². The average molecular weight is 241 g/mol. The molecule has 0 aromatic carbocycles. The van der Waals surface area contributed by atoms with Crippen LogP contribution >= 0.6 is 11.3 Å². The third-order valence-corrected chi connectivity index (χ3v) is 3.09. The van der Waals surface area contributed by atoms with Crippen LogP contribution < -0.4 is 16.4 Å². The number of nitrogens with one attached hydrogen (secondary N) is 2. The predicted molar refractivity (Wildman–Crippen MR) is 62.9 cm³/mol. The Bertz CT molecular complexity index is 364. The van der Waals surface area contributed by atoms with E-state index in [4.69, 9.17) is 5.73 Å². The van der Waals surface area contributed by atoms with Gasteiger partial charge in [0.15, 0.2) is 0 Å². The van der Waals surface area contributed by atoms with Gasteiger partial charge in [-0.2, -0.15) is 0 Å². The lowest BCUT2D eigenvalue weighted by molar-refractivity contribution is -0.129. The van der Waals surface area contributed by atoms with Crippen molar-refractivity contribution in [3.63, 3.8) is 0 Å². The summed E-state index contributed by atoms with van der Waals surface area (Å²) in [6, 6.07) is 2.32. The molecular weight excluding hydrogens is 226 g/mol. The molecule has 2 atom stereocenters. The highest BCUT2D eigenvalue weighted by molar-refractivity contribution is 7.10. The molecule has 88 valence electrons. The van der Waals surface area contributed by atoms with Crippen LogP contribution in [-0.2, 0) is 9.59 Å². The van der Waals surface area contributed by atoms with E-state index in [1.54, 1.807) is 13.0 Å². The van der Waals surface area contributed by atoms with Crippen LogP contribution in [-0.4, -0.2) is 24.9 Å². The maximum absolute atomic E-state index is 11.7. The van der Waals surface area contributed by atoms with Crippen molar-refractivity contribution >= 4 is 23.2 Å². The molecule has 2 amide bonds. The molecule has 1 heterocycles. The first kappa shape index (κ1) is 12.7. The van der Waals surface area contributed by atoms with Crippen molar-refractivity contribution in [1.82, 2.24) is 10.6 Å². The molecule has 5 nitrogen and oxygen atoms in total. The van der Waals surface area contributed by atoms with Gasteiger partial charge in [-0.3, -0.25) is 9.59 Å². The average Bonchev–Trinajstić information content (AvgIpc) is 2.79. The Hall–Kier alpha value is -1.40. The number of likely N-dealkylation sites (N-methyl/N-ethyl adjacent to an activating group) is 1. The minimum Gasteiger partial charge on any atom is -0.357 e. The van der Waals surface area contributed by atoms with Crippen LogP contribution in [0.1, 0.15) is 17.8 Å². The van der Waals surface area contributed by atoms with E-state index in [0.717, 1.165) is 4.88 Å². The minimum absolute atomic E-state index is 0.244. The van der Waals surface area contributed by atoms with Crippen molar-refractivity contribution in [1.29, 1.82) is 0 Å². The fraction of sp³-hybridized carbons (Fsp3) is 0.400. The standard InChI is InChI=1S/C10H15N3O2S/c1-6(9(14)12-2)13-10(15)8(11)7-4-3-5-16-7/h3-6,8H,11H2,1-2H3,(H,12,14)(H,13,15). The zero-order chi connectivity index (χ0) is 12.1. The summed E-state index contributed by atoms with van der Waals surface area (Å²) >= 11 is 1.41. The first-order valence-corrected chi connectivity index (χ1v) is 5.75. The number of nitrogens with two attached hydrogens (primary N) is 1. The van der Waals surface area contributed by atoms with Crippen molar-refractivity contribution < 1.29 is 9.59 Å². The second-order valence-corrected chi connectivity index (χ2v) is 4.32. The third-order valence-electron chi connectivity index (χ3n) is 2.13. The van der Waals surface area contributed by atoms with Gasteiger partial charge in [-0.25, -0.2) is 0 Å². The largest absolute Gasteiger partial charge is 0.357 e. The Balaban J connectivity index is 2.56. The van der Waals surface area contributed by atoms with E-state index >= 15 is 0 Å². The summed E-state index contributed by atoms with van der Waals surface area (Å²) in [5.74, 6) is -0.592. The number of thiophene rings is 1. The summed E-state index contributed by atoms with van der Waals surface area (Å²) in [5, 5.41) is 6.85. The van der Waals surface area contributed by atoms with Gasteiger partial charge in [-0.05, 0) is 18.4 Å². The Labute approximate surface area is 98.0 Å². The molecule has 1 aromatic rings. The summed E-state index contributed by atoms with van der Waals surface area (Å²) in [6.45, 7) is 1.61. The number of amides is 2. The van der Waals surface area contributed by atoms with Crippen LogP contribution in [0.5, 0.6) is 0 Å². The molecule has 16 heavy (non-hydrogen) atoms. The Morgan fingerprint density at radius 3 is 2.62 bits per heavy atom. The fourth-order valence-electron chi connectivity index (χ4n) is 1.18. The van der Waals surface area contributed by atoms with Gasteiger partial charge in [-0.1, -0.05) is 6.07 Å². The smallest absolute Gasteiger partial charge is 0.242 e. The topological polar surface area (TPSA) is 84.2 Å². The zero-order valence-corrected chi connectivity index (χ0v) is 10.0. The summed E-state index contributed by atoms with van der Waals surface area (Å²) < 4.78 is 0. The summed E-state index contributed by atoms with van der Waals surface area (Å²) in [6.07, 6.45) is 0. The van der Waals surface area contributed by atoms with E-state index in [1.807, 2.05) is 11.4 Å². The molecule has 0 bridgehead atoms. The molecule has 0 saturated carbocycles. The van der Waals surface area contributed by atoms with E-state index in [1.165, 1.54) is 18.4 Å². The van der Waals surface area contributed by atoms with Crippen LogP contribution in [0.15, 0.2) is 17.5 Å². The molecule has 0 radical (unpaired) electrons. The van der Waals surface area contributed by atoms with Crippen LogP contribution in [0.4, 0.5) is 0 Å². The van der Waals surface area contributed by atoms with Crippen molar-refractivity contribution in [2.24, 2.45) is 5.73 Å². The number of carbonyl (C=O) groups excluding carboxylic acids is 2.